The number of carbonyl (C=O) groups is 2. The summed E-state index contributed by atoms with van der Waals surface area (Å²) in [5.41, 5.74) is 0.309. The summed E-state index contributed by atoms with van der Waals surface area (Å²) in [6, 6.07) is 11.0. The Kier molecular flexibility index (Phi) is 6.59. The van der Waals surface area contributed by atoms with Crippen LogP contribution in [0.1, 0.15) is 18.1 Å². The molecule has 2 aromatic carbocycles. The Morgan fingerprint density at radius 2 is 1.74 bits per heavy atom. The van der Waals surface area contributed by atoms with Crippen LogP contribution in [0.25, 0.3) is 0 Å². The summed E-state index contributed by atoms with van der Waals surface area (Å²) in [5, 5.41) is 13.6. The molecule has 0 aromatic heterocycles. The molecular weight excluding hydrogens is 353 g/mol. The van der Waals surface area contributed by atoms with Gasteiger partial charge >= 0.3 is 0 Å². The number of carbonyl (C=O) groups excluding carboxylic acids is 2. The molecule has 0 bridgehead atoms. The van der Waals surface area contributed by atoms with Gasteiger partial charge in [0.05, 0.1) is 11.3 Å². The van der Waals surface area contributed by atoms with E-state index in [4.69, 9.17) is 0 Å². The Hall–Kier alpha value is -3.29. The Labute approximate surface area is 155 Å². The van der Waals surface area contributed by atoms with Crippen LogP contribution in [0.2, 0.25) is 0 Å². The summed E-state index contributed by atoms with van der Waals surface area (Å²) >= 11 is 0. The first-order chi connectivity index (χ1) is 12.8. The number of hydrogen-bond donors (Lipinski definition) is 1. The quantitative estimate of drug-likeness (QED) is 0.596. The summed E-state index contributed by atoms with van der Waals surface area (Å²) in [6.07, 6.45) is -0.271. The molecule has 0 aliphatic heterocycles. The summed E-state index contributed by atoms with van der Waals surface area (Å²) in [7, 11) is 1.44. The van der Waals surface area contributed by atoms with E-state index in [-0.39, 0.29) is 29.8 Å². The SMILES string of the molecule is CNC(=O)C(C)N(Cc1ccccc1F)C(=O)Cc1ccccc1[N+](=O)[O-]. The molecule has 1 atom stereocenters. The van der Waals surface area contributed by atoms with Crippen molar-refractivity contribution in [2.24, 2.45) is 0 Å². The van der Waals surface area contributed by atoms with Gasteiger partial charge in [-0.1, -0.05) is 36.4 Å². The minimum atomic E-state index is -0.870. The molecule has 0 aliphatic rings. The lowest BCUT2D eigenvalue weighted by Crippen LogP contribution is -2.47. The van der Waals surface area contributed by atoms with E-state index in [2.05, 4.69) is 5.32 Å². The molecule has 1 unspecified atom stereocenters. The number of amides is 2. The second kappa shape index (κ2) is 8.88. The van der Waals surface area contributed by atoms with E-state index in [1.54, 1.807) is 12.1 Å². The molecule has 0 spiro atoms. The summed E-state index contributed by atoms with van der Waals surface area (Å²) in [4.78, 5) is 36.7. The Morgan fingerprint density at radius 3 is 2.33 bits per heavy atom. The van der Waals surface area contributed by atoms with Gasteiger partial charge in [-0.05, 0) is 13.0 Å². The third-order valence-corrected chi connectivity index (χ3v) is 4.24. The molecular formula is C19H20FN3O4. The van der Waals surface area contributed by atoms with Crippen LogP contribution < -0.4 is 5.32 Å². The van der Waals surface area contributed by atoms with Crippen molar-refractivity contribution in [3.05, 3.63) is 75.6 Å². The minimum absolute atomic E-state index is 0.124. The van der Waals surface area contributed by atoms with Gasteiger partial charge in [-0.3, -0.25) is 19.7 Å². The number of nitro groups is 1. The average molecular weight is 373 g/mol. The second-order valence-corrected chi connectivity index (χ2v) is 5.97. The molecule has 27 heavy (non-hydrogen) atoms. The zero-order valence-electron chi connectivity index (χ0n) is 15.0. The van der Waals surface area contributed by atoms with Crippen LogP contribution in [0, 0.1) is 15.9 Å². The van der Waals surface area contributed by atoms with Crippen molar-refractivity contribution in [3.63, 3.8) is 0 Å². The van der Waals surface area contributed by atoms with Crippen molar-refractivity contribution in [1.82, 2.24) is 10.2 Å². The van der Waals surface area contributed by atoms with Crippen molar-refractivity contribution in [2.45, 2.75) is 25.9 Å². The van der Waals surface area contributed by atoms with Gasteiger partial charge in [-0.15, -0.1) is 0 Å². The first kappa shape index (κ1) is 20.0. The van der Waals surface area contributed by atoms with E-state index >= 15 is 0 Å². The molecule has 7 nitrogen and oxygen atoms in total. The smallest absolute Gasteiger partial charge is 0.273 e. The number of hydrogen-bond acceptors (Lipinski definition) is 4. The van der Waals surface area contributed by atoms with E-state index < -0.39 is 28.6 Å². The number of halogens is 1. The van der Waals surface area contributed by atoms with Gasteiger partial charge in [0.25, 0.3) is 5.69 Å². The molecule has 0 heterocycles. The van der Waals surface area contributed by atoms with Crippen LogP contribution in [0.3, 0.4) is 0 Å². The highest BCUT2D eigenvalue weighted by atomic mass is 19.1. The van der Waals surface area contributed by atoms with E-state index in [1.165, 1.54) is 55.3 Å². The highest BCUT2D eigenvalue weighted by molar-refractivity contribution is 5.88. The molecule has 0 saturated carbocycles. The largest absolute Gasteiger partial charge is 0.357 e. The van der Waals surface area contributed by atoms with Gasteiger partial charge in [0, 0.05) is 30.8 Å². The van der Waals surface area contributed by atoms with E-state index in [1.807, 2.05) is 0 Å². The molecule has 0 aliphatic carbocycles. The van der Waals surface area contributed by atoms with Gasteiger partial charge in [0.2, 0.25) is 11.8 Å². The van der Waals surface area contributed by atoms with E-state index in [0.717, 1.165) is 0 Å². The van der Waals surface area contributed by atoms with Crippen molar-refractivity contribution < 1.29 is 18.9 Å². The number of likely N-dealkylation sites (N-methyl/N-ethyl adjacent to an activating group) is 1. The van der Waals surface area contributed by atoms with Crippen molar-refractivity contribution in [3.8, 4) is 0 Å². The summed E-state index contributed by atoms with van der Waals surface area (Å²) < 4.78 is 14.0. The lowest BCUT2D eigenvalue weighted by atomic mass is 10.1. The fraction of sp³-hybridized carbons (Fsp3) is 0.263. The fourth-order valence-corrected chi connectivity index (χ4v) is 2.70. The highest BCUT2D eigenvalue weighted by Gasteiger charge is 2.27. The van der Waals surface area contributed by atoms with Crippen LogP contribution in [0.15, 0.2) is 48.5 Å². The molecule has 0 radical (unpaired) electrons. The van der Waals surface area contributed by atoms with Crippen LogP contribution in [-0.4, -0.2) is 34.7 Å². The maximum atomic E-state index is 14.0. The number of nitro benzene ring substituents is 1. The van der Waals surface area contributed by atoms with E-state index in [9.17, 15) is 24.1 Å². The van der Waals surface area contributed by atoms with Crippen LogP contribution in [0.4, 0.5) is 10.1 Å². The predicted molar refractivity (Wildman–Crippen MR) is 97.3 cm³/mol. The lowest BCUT2D eigenvalue weighted by Gasteiger charge is -2.28. The molecule has 2 aromatic rings. The fourth-order valence-electron chi connectivity index (χ4n) is 2.70. The minimum Gasteiger partial charge on any atom is -0.357 e. The number of rotatable bonds is 7. The van der Waals surface area contributed by atoms with Gasteiger partial charge in [-0.2, -0.15) is 0 Å². The van der Waals surface area contributed by atoms with Crippen molar-refractivity contribution in [2.75, 3.05) is 7.05 Å². The molecule has 142 valence electrons. The van der Waals surface area contributed by atoms with Crippen LogP contribution >= 0.6 is 0 Å². The molecule has 0 fully saturated rings. The molecule has 8 heteroatoms. The second-order valence-electron chi connectivity index (χ2n) is 5.97. The van der Waals surface area contributed by atoms with Crippen LogP contribution in [0.5, 0.6) is 0 Å². The van der Waals surface area contributed by atoms with Gasteiger partial charge in [-0.25, -0.2) is 4.39 Å². The van der Waals surface area contributed by atoms with E-state index in [0.29, 0.717) is 0 Å². The number of nitrogens with one attached hydrogen (secondary N) is 1. The first-order valence-corrected chi connectivity index (χ1v) is 8.32. The zero-order chi connectivity index (χ0) is 20.0. The molecule has 0 saturated heterocycles. The molecule has 2 rings (SSSR count). The Bertz CT molecular complexity index is 856. The van der Waals surface area contributed by atoms with Gasteiger partial charge in [0.1, 0.15) is 11.9 Å². The summed E-state index contributed by atoms with van der Waals surface area (Å²) in [6.45, 7) is 1.40. The third kappa shape index (κ3) is 4.87. The Morgan fingerprint density at radius 1 is 1.15 bits per heavy atom. The van der Waals surface area contributed by atoms with Gasteiger partial charge in [0.15, 0.2) is 0 Å². The van der Waals surface area contributed by atoms with Crippen molar-refractivity contribution in [1.29, 1.82) is 0 Å². The topological polar surface area (TPSA) is 92.6 Å². The first-order valence-electron chi connectivity index (χ1n) is 8.32. The zero-order valence-corrected chi connectivity index (χ0v) is 15.0. The normalized spacial score (nSPS) is 11.5. The number of nitrogens with zero attached hydrogens (tertiary/aromatic N) is 2. The Balaban J connectivity index is 2.32. The lowest BCUT2D eigenvalue weighted by molar-refractivity contribution is -0.385. The highest BCUT2D eigenvalue weighted by Crippen LogP contribution is 2.20. The van der Waals surface area contributed by atoms with Crippen molar-refractivity contribution >= 4 is 17.5 Å². The summed E-state index contributed by atoms with van der Waals surface area (Å²) in [5.74, 6) is -1.42. The maximum Gasteiger partial charge on any atom is 0.273 e. The third-order valence-electron chi connectivity index (χ3n) is 4.24. The number of benzene rings is 2. The van der Waals surface area contributed by atoms with Crippen LogP contribution in [-0.2, 0) is 22.6 Å². The number of para-hydroxylation sites is 1. The monoisotopic (exact) mass is 373 g/mol. The van der Waals surface area contributed by atoms with Gasteiger partial charge < -0.3 is 10.2 Å². The molecule has 2 amide bonds. The average Bonchev–Trinajstić information content (AvgIpc) is 2.66. The maximum absolute atomic E-state index is 14.0. The predicted octanol–water partition coefficient (Wildman–Crippen LogP) is 2.44. The molecule has 1 N–H and O–H groups in total. The standard InChI is InChI=1S/C19H20FN3O4/c1-13(19(25)21-2)22(12-15-8-3-5-9-16(15)20)18(24)11-14-7-4-6-10-17(14)23(26)27/h3-10,13H,11-12H2,1-2H3,(H,21,25).